The van der Waals surface area contributed by atoms with Crippen LogP contribution in [0.5, 0.6) is 11.5 Å². The Labute approximate surface area is 301 Å². The van der Waals surface area contributed by atoms with Crippen molar-refractivity contribution < 1.29 is 31.9 Å². The largest absolute Gasteiger partial charge is 0.454 e. The Kier molecular flexibility index (Phi) is 10.5. The second kappa shape index (κ2) is 15.1. The van der Waals surface area contributed by atoms with Crippen molar-refractivity contribution in [3.63, 3.8) is 0 Å². The molecule has 1 aliphatic heterocycles. The number of carbonyl (C=O) groups excluding carboxylic acids is 3. The first-order chi connectivity index (χ1) is 24.8. The zero-order valence-electron chi connectivity index (χ0n) is 29.2. The lowest BCUT2D eigenvalue weighted by Crippen LogP contribution is -2.61. The third-order valence-corrected chi connectivity index (χ3v) is 10.7. The number of benzene rings is 2. The zero-order valence-corrected chi connectivity index (χ0v) is 30.1. The zero-order chi connectivity index (χ0) is 37.2. The van der Waals surface area contributed by atoms with Gasteiger partial charge in [-0.05, 0) is 80.6 Å². The van der Waals surface area contributed by atoms with E-state index < -0.39 is 39.6 Å². The Morgan fingerprint density at radius 1 is 1.00 bits per heavy atom. The van der Waals surface area contributed by atoms with Gasteiger partial charge in [0.2, 0.25) is 21.8 Å². The summed E-state index contributed by atoms with van der Waals surface area (Å²) in [6.45, 7) is 3.51. The number of carbonyl (C=O) groups is 3. The first-order valence-corrected chi connectivity index (χ1v) is 18.4. The van der Waals surface area contributed by atoms with Gasteiger partial charge in [-0.25, -0.2) is 36.8 Å². The van der Waals surface area contributed by atoms with Crippen molar-refractivity contribution in [1.82, 2.24) is 19.2 Å². The number of rotatable bonds is 13. The van der Waals surface area contributed by atoms with Crippen molar-refractivity contribution in [2.75, 3.05) is 36.2 Å². The van der Waals surface area contributed by atoms with Crippen molar-refractivity contribution >= 4 is 50.9 Å². The number of sulfonamides is 1. The van der Waals surface area contributed by atoms with Crippen LogP contribution in [0.4, 0.5) is 32.2 Å². The fourth-order valence-corrected chi connectivity index (χ4v) is 6.54. The van der Waals surface area contributed by atoms with Gasteiger partial charge in [0.15, 0.2) is 11.6 Å². The van der Waals surface area contributed by atoms with E-state index in [0.29, 0.717) is 17.3 Å². The third kappa shape index (κ3) is 8.21. The highest BCUT2D eigenvalue weighted by Crippen LogP contribution is 2.34. The van der Waals surface area contributed by atoms with Crippen LogP contribution in [0.15, 0.2) is 84.0 Å². The molecule has 2 aromatic carbocycles. The summed E-state index contributed by atoms with van der Waals surface area (Å²) in [5.74, 6) is -1.81. The number of halogens is 1. The van der Waals surface area contributed by atoms with Gasteiger partial charge in [-0.15, -0.1) is 0 Å². The van der Waals surface area contributed by atoms with Crippen molar-refractivity contribution in [3.8, 4) is 11.5 Å². The number of anilines is 4. The lowest BCUT2D eigenvalue weighted by atomic mass is 10.0. The molecule has 0 bridgehead atoms. The molecule has 0 radical (unpaired) electrons. The molecule has 2 N–H and O–H groups in total. The number of hydrogen-bond donors (Lipinski definition) is 2. The van der Waals surface area contributed by atoms with E-state index in [0.717, 1.165) is 39.6 Å². The normalized spacial score (nSPS) is 16.4. The van der Waals surface area contributed by atoms with Gasteiger partial charge in [0.25, 0.3) is 0 Å². The second-order valence-corrected chi connectivity index (χ2v) is 15.5. The number of aromatic nitrogens is 2. The summed E-state index contributed by atoms with van der Waals surface area (Å²) in [4.78, 5) is 51.5. The number of imide groups is 1. The minimum absolute atomic E-state index is 0.0304. The monoisotopic (exact) mass is 729 g/mol. The summed E-state index contributed by atoms with van der Waals surface area (Å²) >= 11 is 0. The maximum Gasteiger partial charge on any atom is 0.331 e. The van der Waals surface area contributed by atoms with Gasteiger partial charge in [-0.2, -0.15) is 0 Å². The van der Waals surface area contributed by atoms with Crippen LogP contribution in [0, 0.1) is 17.7 Å². The van der Waals surface area contributed by atoms with E-state index in [1.807, 2.05) is 26.0 Å². The number of ether oxygens (including phenoxy) is 1. The molecule has 4 aromatic rings. The Morgan fingerprint density at radius 2 is 1.75 bits per heavy atom. The van der Waals surface area contributed by atoms with Crippen molar-refractivity contribution in [1.29, 1.82) is 0 Å². The third-order valence-electron chi connectivity index (χ3n) is 8.94. The first-order valence-electron chi connectivity index (χ1n) is 16.9. The van der Waals surface area contributed by atoms with Crippen LogP contribution in [0.2, 0.25) is 0 Å². The predicted molar refractivity (Wildman–Crippen MR) is 193 cm³/mol. The molecule has 3 heterocycles. The Hall–Kier alpha value is -5.41. The number of hydrogen-bond acceptors (Lipinski definition) is 9. The fourth-order valence-electron chi connectivity index (χ4n) is 5.69. The molecule has 1 atom stereocenters. The predicted octanol–water partition coefficient (Wildman–Crippen LogP) is 6.18. The topological polar surface area (TPSA) is 154 Å². The molecule has 6 rings (SSSR count). The van der Waals surface area contributed by atoms with Gasteiger partial charge >= 0.3 is 6.03 Å². The summed E-state index contributed by atoms with van der Waals surface area (Å²) in [7, 11) is -0.781. The van der Waals surface area contributed by atoms with E-state index in [4.69, 9.17) is 4.74 Å². The SMILES string of the molecule is CC(C)N1CC(C(=O)Nc2ccc(Oc3ccnc(Nc4ccc(S(=O)(=O)N(C)C)cn4)c3)c(F)c2)C(=O)N(c2ccc(CCC3CC3)cc2)C1=O. The van der Waals surface area contributed by atoms with E-state index in [2.05, 4.69) is 20.6 Å². The summed E-state index contributed by atoms with van der Waals surface area (Å²) < 4.78 is 46.7. The van der Waals surface area contributed by atoms with Crippen molar-refractivity contribution in [2.24, 2.45) is 11.8 Å². The molecular formula is C37H40FN7O6S. The van der Waals surface area contributed by atoms with Crippen molar-refractivity contribution in [2.45, 2.75) is 50.5 Å². The fraction of sp³-hybridized carbons (Fsp3) is 0.324. The van der Waals surface area contributed by atoms with E-state index in [-0.39, 0.29) is 34.7 Å². The minimum Gasteiger partial charge on any atom is -0.454 e. The Morgan fingerprint density at radius 3 is 2.38 bits per heavy atom. The number of urea groups is 1. The molecule has 1 unspecified atom stereocenters. The summed E-state index contributed by atoms with van der Waals surface area (Å²) in [5, 5.41) is 5.58. The van der Waals surface area contributed by atoms with Gasteiger partial charge in [0.05, 0.1) is 5.69 Å². The quantitative estimate of drug-likeness (QED) is 0.154. The lowest BCUT2D eigenvalue weighted by Gasteiger charge is -2.40. The molecule has 2 aliphatic rings. The van der Waals surface area contributed by atoms with Gasteiger partial charge in [-0.1, -0.05) is 25.0 Å². The molecule has 4 amide bonds. The molecule has 1 aliphatic carbocycles. The molecule has 0 spiro atoms. The standard InChI is InChI=1S/C37H40FN7O6S/c1-23(2)44-22-30(36(47)45(37(44)48)27-12-9-25(10-13-27)8-7-24-5-6-24)35(46)41-26-11-15-32(31(38)19-26)51-28-17-18-39-34(20-28)42-33-16-14-29(21-40-33)52(49,50)43(3)4/h9-21,23-24,30H,5-8,22H2,1-4H3,(H,41,46)(H,39,40,42). The minimum atomic E-state index is -3.64. The molecule has 1 saturated carbocycles. The average molecular weight is 730 g/mol. The summed E-state index contributed by atoms with van der Waals surface area (Å²) in [6, 6.07) is 16.3. The van der Waals surface area contributed by atoms with Crippen LogP contribution in [0.25, 0.3) is 0 Å². The van der Waals surface area contributed by atoms with E-state index in [1.165, 1.54) is 80.6 Å². The highest BCUT2D eigenvalue weighted by Gasteiger charge is 2.44. The molecule has 15 heteroatoms. The molecule has 1 saturated heterocycles. The van der Waals surface area contributed by atoms with Crippen LogP contribution < -0.4 is 20.3 Å². The summed E-state index contributed by atoms with van der Waals surface area (Å²) in [6.07, 6.45) is 7.25. The van der Waals surface area contributed by atoms with Crippen LogP contribution in [-0.2, 0) is 26.0 Å². The molecule has 2 fully saturated rings. The first kappa shape index (κ1) is 36.4. The molecule has 2 aromatic heterocycles. The van der Waals surface area contributed by atoms with Gasteiger partial charge < -0.3 is 20.3 Å². The summed E-state index contributed by atoms with van der Waals surface area (Å²) in [5.41, 5.74) is 1.61. The maximum atomic E-state index is 15.3. The highest BCUT2D eigenvalue weighted by molar-refractivity contribution is 7.89. The van der Waals surface area contributed by atoms with Crippen LogP contribution >= 0.6 is 0 Å². The lowest BCUT2D eigenvalue weighted by molar-refractivity contribution is -0.132. The highest BCUT2D eigenvalue weighted by atomic mass is 32.2. The van der Waals surface area contributed by atoms with Crippen molar-refractivity contribution in [3.05, 3.63) is 90.5 Å². The molecule has 52 heavy (non-hydrogen) atoms. The van der Waals surface area contributed by atoms with E-state index in [9.17, 15) is 22.8 Å². The van der Waals surface area contributed by atoms with Crippen LogP contribution in [0.1, 0.15) is 38.7 Å². The Balaban J connectivity index is 1.11. The van der Waals surface area contributed by atoms with E-state index >= 15 is 4.39 Å². The van der Waals surface area contributed by atoms with Gasteiger partial charge in [0, 0.05) is 56.9 Å². The number of aryl methyl sites for hydroxylation is 1. The maximum absolute atomic E-state index is 15.3. The van der Waals surface area contributed by atoms with Gasteiger partial charge in [-0.3, -0.25) is 9.59 Å². The van der Waals surface area contributed by atoms with Gasteiger partial charge in [0.1, 0.15) is 28.2 Å². The second-order valence-electron chi connectivity index (χ2n) is 13.3. The van der Waals surface area contributed by atoms with Crippen LogP contribution in [-0.4, -0.2) is 72.1 Å². The smallest absolute Gasteiger partial charge is 0.331 e. The number of amides is 4. The Bertz CT molecular complexity index is 2070. The number of pyridine rings is 2. The van der Waals surface area contributed by atoms with Crippen LogP contribution in [0.3, 0.4) is 0 Å². The molecule has 272 valence electrons. The molecular weight excluding hydrogens is 690 g/mol. The average Bonchev–Trinajstić information content (AvgIpc) is 3.94. The molecule has 13 nitrogen and oxygen atoms in total. The number of nitrogens with zero attached hydrogens (tertiary/aromatic N) is 5. The number of nitrogens with one attached hydrogen (secondary N) is 2. The van der Waals surface area contributed by atoms with E-state index in [1.54, 1.807) is 12.1 Å².